The third-order valence-corrected chi connectivity index (χ3v) is 6.43. The van der Waals surface area contributed by atoms with E-state index in [1.807, 2.05) is 48.5 Å². The molecule has 6 heteroatoms. The lowest BCUT2D eigenvalue weighted by Gasteiger charge is -2.05. The highest BCUT2D eigenvalue weighted by Crippen LogP contribution is 2.37. The van der Waals surface area contributed by atoms with E-state index in [9.17, 15) is 4.79 Å². The first-order valence-corrected chi connectivity index (χ1v) is 10.6. The third kappa shape index (κ3) is 3.72. The van der Waals surface area contributed by atoms with Crippen LogP contribution in [0.25, 0.3) is 21.3 Å². The van der Waals surface area contributed by atoms with Crippen LogP contribution in [0, 0.1) is 0 Å². The predicted molar refractivity (Wildman–Crippen MR) is 117 cm³/mol. The SMILES string of the molecule is CCc1sc2nc(Cc3ccc(Cl)cc3)[nH]c(=O)c2c1-c1ccc(Br)cc1. The molecule has 2 aromatic heterocycles. The summed E-state index contributed by atoms with van der Waals surface area (Å²) in [5.74, 6) is 0.668. The number of aryl methyl sites for hydroxylation is 1. The zero-order chi connectivity index (χ0) is 19.0. The highest BCUT2D eigenvalue weighted by molar-refractivity contribution is 9.10. The normalized spacial score (nSPS) is 11.2. The van der Waals surface area contributed by atoms with Crippen LogP contribution < -0.4 is 5.56 Å². The Labute approximate surface area is 174 Å². The van der Waals surface area contributed by atoms with Gasteiger partial charge in [0.25, 0.3) is 5.56 Å². The molecule has 0 atom stereocenters. The van der Waals surface area contributed by atoms with E-state index in [0.717, 1.165) is 32.4 Å². The first kappa shape index (κ1) is 18.4. The second kappa shape index (κ2) is 7.58. The Kier molecular flexibility index (Phi) is 5.17. The monoisotopic (exact) mass is 458 g/mol. The number of fused-ring (bicyclic) bond motifs is 1. The molecular weight excluding hydrogens is 444 g/mol. The molecule has 0 unspecified atom stereocenters. The Morgan fingerprint density at radius 2 is 1.81 bits per heavy atom. The number of aromatic amines is 1. The minimum Gasteiger partial charge on any atom is -0.310 e. The van der Waals surface area contributed by atoms with Gasteiger partial charge in [-0.25, -0.2) is 4.98 Å². The minimum absolute atomic E-state index is 0.0853. The van der Waals surface area contributed by atoms with Gasteiger partial charge in [-0.15, -0.1) is 11.3 Å². The lowest BCUT2D eigenvalue weighted by atomic mass is 10.0. The summed E-state index contributed by atoms with van der Waals surface area (Å²) in [6, 6.07) is 15.7. The Hall–Kier alpha value is -1.95. The fourth-order valence-electron chi connectivity index (χ4n) is 3.15. The predicted octanol–water partition coefficient (Wildman–Crippen LogP) is 6.22. The number of nitrogens with one attached hydrogen (secondary N) is 1. The van der Waals surface area contributed by atoms with Crippen molar-refractivity contribution in [1.82, 2.24) is 9.97 Å². The second-order valence-corrected chi connectivity index (χ2v) is 8.69. The molecule has 0 spiro atoms. The molecule has 0 bridgehead atoms. The molecule has 1 N–H and O–H groups in total. The zero-order valence-corrected chi connectivity index (χ0v) is 17.7. The van der Waals surface area contributed by atoms with E-state index in [0.29, 0.717) is 22.7 Å². The Bertz CT molecular complexity index is 1160. The van der Waals surface area contributed by atoms with Crippen LogP contribution in [-0.2, 0) is 12.8 Å². The van der Waals surface area contributed by atoms with Gasteiger partial charge in [0.15, 0.2) is 0 Å². The summed E-state index contributed by atoms with van der Waals surface area (Å²) >= 11 is 11.0. The first-order chi connectivity index (χ1) is 13.0. The van der Waals surface area contributed by atoms with Gasteiger partial charge in [0.2, 0.25) is 0 Å². The molecule has 3 nitrogen and oxygen atoms in total. The van der Waals surface area contributed by atoms with E-state index >= 15 is 0 Å². The molecule has 2 aromatic carbocycles. The van der Waals surface area contributed by atoms with Crippen LogP contribution >= 0.6 is 38.9 Å². The maximum atomic E-state index is 12.9. The molecule has 0 saturated heterocycles. The number of hydrogen-bond donors (Lipinski definition) is 1. The highest BCUT2D eigenvalue weighted by Gasteiger charge is 2.18. The number of benzene rings is 2. The molecule has 0 fully saturated rings. The topological polar surface area (TPSA) is 45.8 Å². The second-order valence-electron chi connectivity index (χ2n) is 6.26. The summed E-state index contributed by atoms with van der Waals surface area (Å²) in [5, 5.41) is 1.37. The van der Waals surface area contributed by atoms with Crippen molar-refractivity contribution in [2.45, 2.75) is 19.8 Å². The van der Waals surface area contributed by atoms with Crippen molar-refractivity contribution >= 4 is 49.1 Å². The van der Waals surface area contributed by atoms with Gasteiger partial charge in [0, 0.05) is 26.4 Å². The Morgan fingerprint density at radius 3 is 2.48 bits per heavy atom. The van der Waals surface area contributed by atoms with Crippen molar-refractivity contribution in [3.8, 4) is 11.1 Å². The van der Waals surface area contributed by atoms with Crippen molar-refractivity contribution in [1.29, 1.82) is 0 Å². The molecule has 2 heterocycles. The molecule has 0 aliphatic rings. The van der Waals surface area contributed by atoms with Crippen LogP contribution in [0.3, 0.4) is 0 Å². The first-order valence-electron chi connectivity index (χ1n) is 8.60. The lowest BCUT2D eigenvalue weighted by Crippen LogP contribution is -2.11. The third-order valence-electron chi connectivity index (χ3n) is 4.42. The fourth-order valence-corrected chi connectivity index (χ4v) is 4.69. The quantitative estimate of drug-likeness (QED) is 0.394. The van der Waals surface area contributed by atoms with Gasteiger partial charge in [-0.3, -0.25) is 4.79 Å². The van der Waals surface area contributed by atoms with E-state index < -0.39 is 0 Å². The van der Waals surface area contributed by atoms with E-state index in [2.05, 4.69) is 27.8 Å². The summed E-state index contributed by atoms with van der Waals surface area (Å²) in [5.41, 5.74) is 3.01. The number of rotatable bonds is 4. The van der Waals surface area contributed by atoms with Gasteiger partial charge in [0.1, 0.15) is 10.7 Å². The summed E-state index contributed by atoms with van der Waals surface area (Å²) < 4.78 is 1.01. The minimum atomic E-state index is -0.0853. The van der Waals surface area contributed by atoms with Gasteiger partial charge in [-0.05, 0) is 41.8 Å². The summed E-state index contributed by atoms with van der Waals surface area (Å²) in [7, 11) is 0. The molecule has 4 rings (SSSR count). The molecule has 0 radical (unpaired) electrons. The van der Waals surface area contributed by atoms with Crippen LogP contribution in [0.5, 0.6) is 0 Å². The average Bonchev–Trinajstić information content (AvgIpc) is 3.03. The summed E-state index contributed by atoms with van der Waals surface area (Å²) in [6.45, 7) is 2.11. The summed E-state index contributed by atoms with van der Waals surface area (Å²) in [4.78, 5) is 22.6. The molecule has 27 heavy (non-hydrogen) atoms. The number of H-pyrrole nitrogens is 1. The maximum Gasteiger partial charge on any atom is 0.260 e. The number of aromatic nitrogens is 2. The van der Waals surface area contributed by atoms with Crippen molar-refractivity contribution in [3.63, 3.8) is 0 Å². The van der Waals surface area contributed by atoms with Crippen LogP contribution in [0.1, 0.15) is 23.2 Å². The average molecular weight is 460 g/mol. The van der Waals surface area contributed by atoms with Crippen LogP contribution in [0.2, 0.25) is 5.02 Å². The lowest BCUT2D eigenvalue weighted by molar-refractivity contribution is 0.977. The van der Waals surface area contributed by atoms with Crippen LogP contribution in [0.4, 0.5) is 0 Å². The van der Waals surface area contributed by atoms with Gasteiger partial charge in [0.05, 0.1) is 5.39 Å². The number of nitrogens with zero attached hydrogens (tertiary/aromatic N) is 1. The number of thiophene rings is 1. The Balaban J connectivity index is 1.83. The number of halogens is 2. The summed E-state index contributed by atoms with van der Waals surface area (Å²) in [6.07, 6.45) is 1.42. The molecule has 4 aromatic rings. The number of hydrogen-bond acceptors (Lipinski definition) is 3. The molecule has 0 aliphatic carbocycles. The standard InChI is InChI=1S/C21H16BrClN2OS/c1-2-16-18(13-5-7-14(22)8-6-13)19-20(26)24-17(25-21(19)27-16)11-12-3-9-15(23)10-4-12/h3-10H,2,11H2,1H3,(H,24,25,26). The van der Waals surface area contributed by atoms with Crippen LogP contribution in [0.15, 0.2) is 57.8 Å². The van der Waals surface area contributed by atoms with E-state index in [1.165, 1.54) is 4.88 Å². The van der Waals surface area contributed by atoms with Crippen molar-refractivity contribution in [3.05, 3.63) is 84.6 Å². The van der Waals surface area contributed by atoms with E-state index in [1.54, 1.807) is 11.3 Å². The highest BCUT2D eigenvalue weighted by atomic mass is 79.9. The molecule has 136 valence electrons. The van der Waals surface area contributed by atoms with E-state index in [4.69, 9.17) is 16.6 Å². The van der Waals surface area contributed by atoms with Crippen molar-refractivity contribution < 1.29 is 0 Å². The van der Waals surface area contributed by atoms with Crippen molar-refractivity contribution in [2.75, 3.05) is 0 Å². The fraction of sp³-hybridized carbons (Fsp3) is 0.143. The molecular formula is C21H16BrClN2OS. The molecule has 0 aliphatic heterocycles. The van der Waals surface area contributed by atoms with Gasteiger partial charge < -0.3 is 4.98 Å². The van der Waals surface area contributed by atoms with Crippen molar-refractivity contribution in [2.24, 2.45) is 0 Å². The zero-order valence-electron chi connectivity index (χ0n) is 14.6. The maximum absolute atomic E-state index is 12.9. The van der Waals surface area contributed by atoms with Crippen LogP contribution in [-0.4, -0.2) is 9.97 Å². The smallest absolute Gasteiger partial charge is 0.260 e. The Morgan fingerprint density at radius 1 is 1.11 bits per heavy atom. The largest absolute Gasteiger partial charge is 0.310 e. The van der Waals surface area contributed by atoms with Gasteiger partial charge >= 0.3 is 0 Å². The van der Waals surface area contributed by atoms with Gasteiger partial charge in [-0.2, -0.15) is 0 Å². The molecule has 0 amide bonds. The van der Waals surface area contributed by atoms with E-state index in [-0.39, 0.29) is 5.56 Å². The molecule has 0 saturated carbocycles. The van der Waals surface area contributed by atoms with Gasteiger partial charge in [-0.1, -0.05) is 58.7 Å².